The summed E-state index contributed by atoms with van der Waals surface area (Å²) in [5.41, 5.74) is -0.0425. The molecule has 0 bridgehead atoms. The van der Waals surface area contributed by atoms with Crippen LogP contribution >= 0.6 is 0 Å². The Bertz CT molecular complexity index is 445. The summed E-state index contributed by atoms with van der Waals surface area (Å²) in [6.07, 6.45) is 5.18. The molecule has 1 aromatic rings. The molecule has 3 rings (SSSR count). The summed E-state index contributed by atoms with van der Waals surface area (Å²) in [6, 6.07) is 1.30. The highest BCUT2D eigenvalue weighted by Crippen LogP contribution is 2.26. The van der Waals surface area contributed by atoms with Crippen molar-refractivity contribution in [2.75, 3.05) is 13.1 Å². The van der Waals surface area contributed by atoms with E-state index in [2.05, 4.69) is 41.1 Å². The highest BCUT2D eigenvalue weighted by molar-refractivity contribution is 5.01. The van der Waals surface area contributed by atoms with Gasteiger partial charge in [-0.15, -0.1) is 0 Å². The predicted octanol–water partition coefficient (Wildman–Crippen LogP) is 2.08. The van der Waals surface area contributed by atoms with E-state index in [9.17, 15) is 0 Å². The third kappa shape index (κ3) is 2.88. The molecule has 1 N–H and O–H groups in total. The summed E-state index contributed by atoms with van der Waals surface area (Å²) < 4.78 is 5.44. The zero-order valence-electron chi connectivity index (χ0n) is 12.9. The molecule has 0 radical (unpaired) electrons. The molecule has 2 atom stereocenters. The van der Waals surface area contributed by atoms with Gasteiger partial charge in [-0.3, -0.25) is 4.90 Å². The van der Waals surface area contributed by atoms with Crippen molar-refractivity contribution < 1.29 is 4.52 Å². The summed E-state index contributed by atoms with van der Waals surface area (Å²) >= 11 is 0. The van der Waals surface area contributed by atoms with E-state index >= 15 is 0 Å². The SMILES string of the molecule is CC(C)(C)c1noc(CN2CCCC2C2CCCN2)n1. The van der Waals surface area contributed by atoms with E-state index in [1.807, 2.05) is 0 Å². The number of nitrogens with zero attached hydrogens (tertiary/aromatic N) is 3. The monoisotopic (exact) mass is 278 g/mol. The van der Waals surface area contributed by atoms with E-state index in [0.29, 0.717) is 12.1 Å². The van der Waals surface area contributed by atoms with Crippen LogP contribution in [0.1, 0.15) is 58.2 Å². The van der Waals surface area contributed by atoms with Gasteiger partial charge < -0.3 is 9.84 Å². The van der Waals surface area contributed by atoms with Crippen LogP contribution in [0.25, 0.3) is 0 Å². The second kappa shape index (κ2) is 5.45. The number of hydrogen-bond donors (Lipinski definition) is 1. The van der Waals surface area contributed by atoms with Crippen LogP contribution in [0, 0.1) is 0 Å². The molecule has 2 unspecified atom stereocenters. The zero-order chi connectivity index (χ0) is 14.2. The van der Waals surface area contributed by atoms with Crippen LogP contribution in [-0.2, 0) is 12.0 Å². The molecule has 0 aromatic carbocycles. The lowest BCUT2D eigenvalue weighted by Gasteiger charge is -2.28. The maximum Gasteiger partial charge on any atom is 0.240 e. The van der Waals surface area contributed by atoms with Crippen molar-refractivity contribution in [3.63, 3.8) is 0 Å². The summed E-state index contributed by atoms with van der Waals surface area (Å²) in [4.78, 5) is 7.08. The second-order valence-corrected chi connectivity index (χ2v) is 7.14. The van der Waals surface area contributed by atoms with Crippen molar-refractivity contribution in [2.45, 2.75) is 70.5 Å². The quantitative estimate of drug-likeness (QED) is 0.917. The Balaban J connectivity index is 1.65. The van der Waals surface area contributed by atoms with E-state index in [0.717, 1.165) is 24.8 Å². The highest BCUT2D eigenvalue weighted by Gasteiger charge is 2.34. The van der Waals surface area contributed by atoms with Gasteiger partial charge in [-0.1, -0.05) is 25.9 Å². The fourth-order valence-corrected chi connectivity index (χ4v) is 3.34. The second-order valence-electron chi connectivity index (χ2n) is 7.14. The van der Waals surface area contributed by atoms with Gasteiger partial charge in [0.05, 0.1) is 6.54 Å². The number of hydrogen-bond acceptors (Lipinski definition) is 5. The molecular formula is C15H26N4O. The van der Waals surface area contributed by atoms with Crippen molar-refractivity contribution >= 4 is 0 Å². The molecule has 1 aromatic heterocycles. The van der Waals surface area contributed by atoms with Gasteiger partial charge >= 0.3 is 0 Å². The Morgan fingerprint density at radius 1 is 1.30 bits per heavy atom. The maximum atomic E-state index is 5.44. The van der Waals surface area contributed by atoms with Crippen molar-refractivity contribution in [1.82, 2.24) is 20.4 Å². The number of aromatic nitrogens is 2. The van der Waals surface area contributed by atoms with E-state index in [1.165, 1.54) is 32.2 Å². The minimum atomic E-state index is -0.0425. The smallest absolute Gasteiger partial charge is 0.240 e. The Morgan fingerprint density at radius 3 is 2.80 bits per heavy atom. The number of likely N-dealkylation sites (tertiary alicyclic amines) is 1. The Hall–Kier alpha value is -0.940. The molecule has 2 aliphatic rings. The molecule has 5 nitrogen and oxygen atoms in total. The molecule has 0 amide bonds. The van der Waals surface area contributed by atoms with Crippen molar-refractivity contribution in [2.24, 2.45) is 0 Å². The molecule has 0 saturated carbocycles. The summed E-state index contributed by atoms with van der Waals surface area (Å²) in [6.45, 7) is 9.46. The van der Waals surface area contributed by atoms with E-state index in [1.54, 1.807) is 0 Å². The highest BCUT2D eigenvalue weighted by atomic mass is 16.5. The molecule has 20 heavy (non-hydrogen) atoms. The van der Waals surface area contributed by atoms with Gasteiger partial charge in [-0.25, -0.2) is 0 Å². The van der Waals surface area contributed by atoms with Gasteiger partial charge in [0.1, 0.15) is 0 Å². The average molecular weight is 278 g/mol. The summed E-state index contributed by atoms with van der Waals surface area (Å²) in [7, 11) is 0. The van der Waals surface area contributed by atoms with Crippen molar-refractivity contribution in [1.29, 1.82) is 0 Å². The Labute approximate surface area is 121 Å². The van der Waals surface area contributed by atoms with Gasteiger partial charge in [0.15, 0.2) is 5.82 Å². The summed E-state index contributed by atoms with van der Waals surface area (Å²) in [5, 5.41) is 7.76. The van der Waals surface area contributed by atoms with Crippen LogP contribution in [-0.4, -0.2) is 40.2 Å². The molecule has 2 fully saturated rings. The van der Waals surface area contributed by atoms with Crippen molar-refractivity contribution in [3.05, 3.63) is 11.7 Å². The van der Waals surface area contributed by atoms with Crippen LogP contribution in [0.15, 0.2) is 4.52 Å². The minimum absolute atomic E-state index is 0.0425. The lowest BCUT2D eigenvalue weighted by atomic mass is 9.96. The van der Waals surface area contributed by atoms with Gasteiger partial charge in [0.25, 0.3) is 0 Å². The van der Waals surface area contributed by atoms with Crippen LogP contribution in [0.4, 0.5) is 0 Å². The predicted molar refractivity (Wildman–Crippen MR) is 77.5 cm³/mol. The number of rotatable bonds is 3. The van der Waals surface area contributed by atoms with Gasteiger partial charge in [0.2, 0.25) is 5.89 Å². The van der Waals surface area contributed by atoms with Crippen LogP contribution in [0.3, 0.4) is 0 Å². The van der Waals surface area contributed by atoms with E-state index in [-0.39, 0.29) is 5.41 Å². The van der Waals surface area contributed by atoms with Crippen molar-refractivity contribution in [3.8, 4) is 0 Å². The first-order chi connectivity index (χ1) is 9.54. The summed E-state index contributed by atoms with van der Waals surface area (Å²) in [5.74, 6) is 1.57. The van der Waals surface area contributed by atoms with E-state index < -0.39 is 0 Å². The molecule has 0 aliphatic carbocycles. The average Bonchev–Trinajstić information content (AvgIpc) is 3.08. The first kappa shape index (κ1) is 14.0. The van der Waals surface area contributed by atoms with Crippen LogP contribution in [0.2, 0.25) is 0 Å². The maximum absolute atomic E-state index is 5.44. The zero-order valence-corrected chi connectivity index (χ0v) is 12.9. The fourth-order valence-electron chi connectivity index (χ4n) is 3.34. The van der Waals surface area contributed by atoms with E-state index in [4.69, 9.17) is 4.52 Å². The molecule has 2 saturated heterocycles. The minimum Gasteiger partial charge on any atom is -0.338 e. The molecule has 112 valence electrons. The molecule has 0 spiro atoms. The Morgan fingerprint density at radius 2 is 2.15 bits per heavy atom. The lowest BCUT2D eigenvalue weighted by molar-refractivity contribution is 0.182. The third-order valence-electron chi connectivity index (χ3n) is 4.45. The normalized spacial score (nSPS) is 28.4. The van der Waals surface area contributed by atoms with Crippen LogP contribution < -0.4 is 5.32 Å². The van der Waals surface area contributed by atoms with Gasteiger partial charge in [-0.2, -0.15) is 4.98 Å². The van der Waals surface area contributed by atoms with Gasteiger partial charge in [-0.05, 0) is 38.8 Å². The first-order valence-corrected chi connectivity index (χ1v) is 7.84. The molecule has 3 heterocycles. The molecular weight excluding hydrogens is 252 g/mol. The largest absolute Gasteiger partial charge is 0.338 e. The first-order valence-electron chi connectivity index (χ1n) is 7.84. The van der Waals surface area contributed by atoms with Gasteiger partial charge in [0, 0.05) is 17.5 Å². The third-order valence-corrected chi connectivity index (χ3v) is 4.45. The van der Waals surface area contributed by atoms with Crippen LogP contribution in [0.5, 0.6) is 0 Å². The molecule has 2 aliphatic heterocycles. The standard InChI is InChI=1S/C15H26N4O/c1-15(2,3)14-17-13(20-18-14)10-19-9-5-7-12(19)11-6-4-8-16-11/h11-12,16H,4-10H2,1-3H3. The fraction of sp³-hybridized carbons (Fsp3) is 0.867. The topological polar surface area (TPSA) is 54.2 Å². The Kier molecular flexibility index (Phi) is 3.82. The number of nitrogens with one attached hydrogen (secondary N) is 1. The molecule has 5 heteroatoms. The lowest BCUT2D eigenvalue weighted by Crippen LogP contribution is -2.43.